The van der Waals surface area contributed by atoms with Gasteiger partial charge in [0.25, 0.3) is 0 Å². The quantitative estimate of drug-likeness (QED) is 0.613. The third-order valence-electron chi connectivity index (χ3n) is 6.07. The lowest BCUT2D eigenvalue weighted by molar-refractivity contribution is -0.207. The van der Waals surface area contributed by atoms with Crippen LogP contribution in [0.5, 0.6) is 0 Å². The molecule has 0 radical (unpaired) electrons. The summed E-state index contributed by atoms with van der Waals surface area (Å²) < 4.78 is 5.99. The molecule has 0 aromatic rings. The van der Waals surface area contributed by atoms with Gasteiger partial charge in [0.2, 0.25) is 0 Å². The fraction of sp³-hybridized carbons (Fsp3) is 0.700. The van der Waals surface area contributed by atoms with Gasteiger partial charge in [0.15, 0.2) is 0 Å². The molecule has 0 unspecified atom stereocenters. The van der Waals surface area contributed by atoms with Crippen molar-refractivity contribution in [2.45, 2.75) is 64.9 Å². The fourth-order valence-electron chi connectivity index (χ4n) is 5.06. The van der Waals surface area contributed by atoms with Gasteiger partial charge in [0, 0.05) is 11.1 Å². The second kappa shape index (κ2) is 7.12. The fourth-order valence-corrected chi connectivity index (χ4v) is 5.06. The highest BCUT2D eigenvalue weighted by atomic mass is 16.6. The summed E-state index contributed by atoms with van der Waals surface area (Å²) in [6, 6.07) is 0. The highest BCUT2D eigenvalue weighted by molar-refractivity contribution is 5.87. The third kappa shape index (κ3) is 3.57. The van der Waals surface area contributed by atoms with Crippen molar-refractivity contribution >= 4 is 11.9 Å². The lowest BCUT2D eigenvalue weighted by Crippen LogP contribution is -2.59. The normalized spacial score (nSPS) is 35.6. The van der Waals surface area contributed by atoms with Crippen molar-refractivity contribution < 1.29 is 19.4 Å². The molecular weight excluding hydrogens is 304 g/mol. The van der Waals surface area contributed by atoms with Crippen LogP contribution in [-0.4, -0.2) is 22.6 Å². The van der Waals surface area contributed by atoms with Crippen LogP contribution in [0.25, 0.3) is 0 Å². The van der Waals surface area contributed by atoms with Gasteiger partial charge in [-0.1, -0.05) is 20.1 Å². The van der Waals surface area contributed by atoms with Gasteiger partial charge < -0.3 is 9.84 Å². The third-order valence-corrected chi connectivity index (χ3v) is 6.07. The zero-order valence-electron chi connectivity index (χ0n) is 15.1. The Bertz CT molecular complexity index is 506. The molecule has 0 aromatic heterocycles. The van der Waals surface area contributed by atoms with Gasteiger partial charge in [-0.15, -0.1) is 0 Å². The molecule has 0 aromatic carbocycles. The second-order valence-electron chi connectivity index (χ2n) is 7.87. The van der Waals surface area contributed by atoms with Crippen molar-refractivity contribution in [3.63, 3.8) is 0 Å². The first-order chi connectivity index (χ1) is 11.2. The van der Waals surface area contributed by atoms with Crippen molar-refractivity contribution in [2.24, 2.45) is 23.7 Å². The maximum Gasteiger partial charge on any atom is 0.333 e. The predicted octanol–water partition coefficient (Wildman–Crippen LogP) is 4.36. The van der Waals surface area contributed by atoms with Crippen LogP contribution in [-0.2, 0) is 14.3 Å². The summed E-state index contributed by atoms with van der Waals surface area (Å²) in [5.74, 6) is 1.94. The maximum atomic E-state index is 12.0. The Kier molecular flexibility index (Phi) is 5.56. The number of carboxylic acid groups (broad SMARTS) is 1. The lowest BCUT2D eigenvalue weighted by atomic mass is 9.49. The van der Waals surface area contributed by atoms with Crippen LogP contribution in [0.4, 0.5) is 0 Å². The van der Waals surface area contributed by atoms with E-state index in [0.717, 1.165) is 18.3 Å². The summed E-state index contributed by atoms with van der Waals surface area (Å²) in [5, 5.41) is 7.89. The number of hydrogen-bond acceptors (Lipinski definition) is 3. The highest BCUT2D eigenvalue weighted by Crippen LogP contribution is 2.60. The van der Waals surface area contributed by atoms with E-state index in [1.54, 1.807) is 6.92 Å². The Labute approximate surface area is 145 Å². The van der Waals surface area contributed by atoms with Crippen LogP contribution in [0.3, 0.4) is 0 Å². The van der Waals surface area contributed by atoms with Crippen LogP contribution in [0, 0.1) is 23.7 Å². The average molecular weight is 334 g/mol. The van der Waals surface area contributed by atoms with Gasteiger partial charge >= 0.3 is 11.9 Å². The van der Waals surface area contributed by atoms with E-state index in [-0.39, 0.29) is 17.1 Å². The zero-order valence-corrected chi connectivity index (χ0v) is 15.1. The lowest BCUT2D eigenvalue weighted by Gasteiger charge is -2.60. The molecule has 4 saturated carbocycles. The van der Waals surface area contributed by atoms with Crippen LogP contribution >= 0.6 is 0 Å². The monoisotopic (exact) mass is 334 g/mol. The predicted molar refractivity (Wildman–Crippen MR) is 93.4 cm³/mol. The average Bonchev–Trinajstić information content (AvgIpc) is 2.50. The van der Waals surface area contributed by atoms with Crippen molar-refractivity contribution in [2.75, 3.05) is 0 Å². The number of hydrogen-bond donors (Lipinski definition) is 1. The Hall–Kier alpha value is -1.58. The molecule has 0 heterocycles. The summed E-state index contributed by atoms with van der Waals surface area (Å²) in [5.41, 5.74) is 0.551. The molecule has 4 rings (SSSR count). The number of esters is 1. The topological polar surface area (TPSA) is 63.6 Å². The maximum absolute atomic E-state index is 12.0. The van der Waals surface area contributed by atoms with Crippen molar-refractivity contribution in [1.82, 2.24) is 0 Å². The van der Waals surface area contributed by atoms with Crippen LogP contribution in [0.15, 0.2) is 24.3 Å². The van der Waals surface area contributed by atoms with E-state index in [0.29, 0.717) is 17.4 Å². The molecule has 4 bridgehead atoms. The molecule has 1 N–H and O–H groups in total. The van der Waals surface area contributed by atoms with Crippen LogP contribution in [0.2, 0.25) is 0 Å². The number of rotatable bonds is 4. The van der Waals surface area contributed by atoms with E-state index < -0.39 is 5.97 Å². The van der Waals surface area contributed by atoms with Crippen molar-refractivity contribution in [3.8, 4) is 0 Å². The SMILES string of the molecule is C=C(C)C(=O)O.C=C(C)C(=O)OC1(CC)C2CC3CC(C2)CC1C3. The number of carbonyl (C=O) groups excluding carboxylic acids is 1. The molecule has 0 amide bonds. The first-order valence-corrected chi connectivity index (χ1v) is 8.97. The largest absolute Gasteiger partial charge is 0.478 e. The van der Waals surface area contributed by atoms with Gasteiger partial charge in [0.05, 0.1) is 0 Å². The molecule has 24 heavy (non-hydrogen) atoms. The van der Waals surface area contributed by atoms with Crippen molar-refractivity contribution in [3.05, 3.63) is 24.3 Å². The smallest absolute Gasteiger partial charge is 0.333 e. The molecule has 0 spiro atoms. The number of carbonyl (C=O) groups is 2. The summed E-state index contributed by atoms with van der Waals surface area (Å²) in [6.07, 6.45) is 7.53. The van der Waals surface area contributed by atoms with E-state index in [4.69, 9.17) is 9.84 Å². The summed E-state index contributed by atoms with van der Waals surface area (Å²) >= 11 is 0. The summed E-state index contributed by atoms with van der Waals surface area (Å²) in [6.45, 7) is 12.3. The molecule has 0 saturated heterocycles. The van der Waals surface area contributed by atoms with Crippen molar-refractivity contribution in [1.29, 1.82) is 0 Å². The van der Waals surface area contributed by atoms with E-state index in [2.05, 4.69) is 20.1 Å². The number of ether oxygens (including phenoxy) is 1. The Balaban J connectivity index is 0.000000301. The van der Waals surface area contributed by atoms with Gasteiger partial charge in [-0.2, -0.15) is 0 Å². The Morgan fingerprint density at radius 2 is 1.42 bits per heavy atom. The molecule has 0 aliphatic heterocycles. The van der Waals surface area contributed by atoms with Gasteiger partial charge in [0.1, 0.15) is 5.60 Å². The number of carboxylic acids is 1. The second-order valence-corrected chi connectivity index (χ2v) is 7.87. The molecule has 4 aliphatic carbocycles. The molecule has 4 nitrogen and oxygen atoms in total. The van der Waals surface area contributed by atoms with E-state index in [9.17, 15) is 9.59 Å². The molecule has 134 valence electrons. The standard InChI is InChI=1S/C16H24O2.C4H6O2/c1-4-16(18-15(17)10(2)3)13-6-11-5-12(8-13)9-14(16)7-11;1-3(2)4(5)6/h11-14H,2,4-9H2,1,3H3;1H2,2H3,(H,5,6). The van der Waals surface area contributed by atoms with E-state index >= 15 is 0 Å². The van der Waals surface area contributed by atoms with Crippen LogP contribution in [0.1, 0.15) is 59.3 Å². The summed E-state index contributed by atoms with van der Waals surface area (Å²) in [7, 11) is 0. The van der Waals surface area contributed by atoms with Gasteiger partial charge in [-0.25, -0.2) is 9.59 Å². The highest BCUT2D eigenvalue weighted by Gasteiger charge is 2.58. The summed E-state index contributed by atoms with van der Waals surface area (Å²) in [4.78, 5) is 21.6. The number of aliphatic carboxylic acids is 1. The van der Waals surface area contributed by atoms with E-state index in [1.165, 1.54) is 39.0 Å². The first kappa shape index (κ1) is 18.8. The molecule has 4 aliphatic rings. The minimum atomic E-state index is -0.935. The molecular formula is C20H30O4. The van der Waals surface area contributed by atoms with Gasteiger partial charge in [-0.05, 0) is 76.0 Å². The Morgan fingerprint density at radius 1 is 1.00 bits per heavy atom. The molecule has 0 atom stereocenters. The molecule has 4 heteroatoms. The molecule has 4 fully saturated rings. The van der Waals surface area contributed by atoms with E-state index in [1.807, 2.05) is 0 Å². The minimum absolute atomic E-state index is 0.163. The zero-order chi connectivity index (χ0) is 18.1. The Morgan fingerprint density at radius 3 is 1.71 bits per heavy atom. The van der Waals surface area contributed by atoms with Crippen LogP contribution < -0.4 is 0 Å². The minimum Gasteiger partial charge on any atom is -0.478 e. The van der Waals surface area contributed by atoms with Gasteiger partial charge in [-0.3, -0.25) is 0 Å². The first-order valence-electron chi connectivity index (χ1n) is 8.97.